The Morgan fingerprint density at radius 3 is 2.74 bits per heavy atom. The van der Waals surface area contributed by atoms with Gasteiger partial charge in [-0.05, 0) is 55.0 Å². The second kappa shape index (κ2) is 8.24. The fraction of sp³-hybridized carbons (Fsp3) is 0.333. The first-order valence-electron chi connectivity index (χ1n) is 12.0. The van der Waals surface area contributed by atoms with Gasteiger partial charge < -0.3 is 10.2 Å². The number of fused-ring (bicyclic) bond motifs is 2. The summed E-state index contributed by atoms with van der Waals surface area (Å²) in [6.45, 7) is 4.20. The van der Waals surface area contributed by atoms with Crippen molar-refractivity contribution >= 4 is 22.8 Å². The highest BCUT2D eigenvalue weighted by Crippen LogP contribution is 2.40. The van der Waals surface area contributed by atoms with Gasteiger partial charge in [0.1, 0.15) is 5.82 Å². The van der Waals surface area contributed by atoms with Crippen LogP contribution in [0.2, 0.25) is 0 Å². The Kier molecular flexibility index (Phi) is 5.05. The summed E-state index contributed by atoms with van der Waals surface area (Å²) in [5, 5.41) is 8.42. The van der Waals surface area contributed by atoms with Gasteiger partial charge in [0, 0.05) is 44.5 Å². The molecule has 0 saturated heterocycles. The van der Waals surface area contributed by atoms with Gasteiger partial charge in [-0.1, -0.05) is 30.3 Å². The number of aryl methyl sites for hydroxylation is 2. The minimum atomic E-state index is -0.0953. The Bertz CT molecular complexity index is 1390. The maximum absolute atomic E-state index is 13.2. The van der Waals surface area contributed by atoms with Crippen LogP contribution in [-0.4, -0.2) is 32.2 Å². The van der Waals surface area contributed by atoms with Crippen LogP contribution in [0.3, 0.4) is 0 Å². The number of aromatic nitrogens is 4. The molecule has 0 radical (unpaired) electrons. The summed E-state index contributed by atoms with van der Waals surface area (Å²) in [7, 11) is 1.88. The zero-order chi connectivity index (χ0) is 23.2. The highest BCUT2D eigenvalue weighted by atomic mass is 16.1. The molecule has 1 amide bonds. The summed E-state index contributed by atoms with van der Waals surface area (Å²) >= 11 is 0. The molecule has 3 aromatic heterocycles. The molecule has 172 valence electrons. The number of amides is 1. The molecule has 7 nitrogen and oxygen atoms in total. The molecule has 1 N–H and O–H groups in total. The van der Waals surface area contributed by atoms with Crippen LogP contribution in [0.1, 0.15) is 57.2 Å². The van der Waals surface area contributed by atoms with Gasteiger partial charge in [-0.3, -0.25) is 9.48 Å². The second-order valence-corrected chi connectivity index (χ2v) is 9.42. The maximum atomic E-state index is 13.2. The molecule has 6 rings (SSSR count). The third-order valence-electron chi connectivity index (χ3n) is 6.95. The number of carbonyl (C=O) groups is 1. The van der Waals surface area contributed by atoms with Crippen LogP contribution in [0, 0.1) is 6.92 Å². The van der Waals surface area contributed by atoms with E-state index in [-0.39, 0.29) is 5.91 Å². The molecule has 4 heterocycles. The number of nitrogens with zero attached hydrogens (tertiary/aromatic N) is 5. The minimum Gasteiger partial charge on any atom is -0.352 e. The average Bonchev–Trinajstić information content (AvgIpc) is 3.68. The van der Waals surface area contributed by atoms with Crippen molar-refractivity contribution in [3.05, 3.63) is 82.3 Å². The number of pyridine rings is 2. The van der Waals surface area contributed by atoms with Crippen molar-refractivity contribution in [2.75, 3.05) is 11.4 Å². The first-order chi connectivity index (χ1) is 16.6. The number of rotatable bonds is 5. The molecular weight excluding hydrogens is 424 g/mol. The predicted octanol–water partition coefficient (Wildman–Crippen LogP) is 4.04. The van der Waals surface area contributed by atoms with Crippen LogP contribution in [-0.2, 0) is 26.6 Å². The van der Waals surface area contributed by atoms with Crippen LogP contribution in [0.25, 0.3) is 11.0 Å². The lowest BCUT2D eigenvalue weighted by atomic mass is 10.00. The van der Waals surface area contributed by atoms with Gasteiger partial charge in [-0.2, -0.15) is 5.10 Å². The predicted molar refractivity (Wildman–Crippen MR) is 132 cm³/mol. The monoisotopic (exact) mass is 452 g/mol. The molecular formula is C27H28N6O. The first-order valence-corrected chi connectivity index (χ1v) is 12.0. The minimum absolute atomic E-state index is 0.0953. The standard InChI is InChI=1S/C27H28N6O/c1-17-25-22(13-23(20-8-9-20)30-26(25)32(2)31-17)27(34)29-15-18-7-10-24(28-14-18)33-12-11-19-5-3-4-6-21(19)16-33/h3-7,10,13-14,20H,8-9,11-12,15-16H2,1-2H3,(H,29,34). The fourth-order valence-corrected chi connectivity index (χ4v) is 4.91. The Hall–Kier alpha value is -3.74. The van der Waals surface area contributed by atoms with E-state index in [0.717, 1.165) is 66.2 Å². The maximum Gasteiger partial charge on any atom is 0.252 e. The number of carbonyl (C=O) groups excluding carboxylic acids is 1. The molecule has 1 aliphatic carbocycles. The van der Waals surface area contributed by atoms with Crippen molar-refractivity contribution < 1.29 is 4.79 Å². The highest BCUT2D eigenvalue weighted by Gasteiger charge is 2.28. The zero-order valence-electron chi connectivity index (χ0n) is 19.6. The van der Waals surface area contributed by atoms with Crippen LogP contribution < -0.4 is 10.2 Å². The normalized spacial score (nSPS) is 15.4. The molecule has 2 aliphatic rings. The largest absolute Gasteiger partial charge is 0.352 e. The third kappa shape index (κ3) is 3.81. The molecule has 7 heteroatoms. The lowest BCUT2D eigenvalue weighted by Gasteiger charge is -2.29. The molecule has 0 atom stereocenters. The van der Waals surface area contributed by atoms with E-state index in [4.69, 9.17) is 9.97 Å². The lowest BCUT2D eigenvalue weighted by Crippen LogP contribution is -2.31. The molecule has 0 unspecified atom stereocenters. The van der Waals surface area contributed by atoms with Crippen molar-refractivity contribution in [3.63, 3.8) is 0 Å². The Labute approximate surface area is 198 Å². The summed E-state index contributed by atoms with van der Waals surface area (Å²) in [5.74, 6) is 1.34. The molecule has 4 aromatic rings. The third-order valence-corrected chi connectivity index (χ3v) is 6.95. The SMILES string of the molecule is Cc1nn(C)c2nc(C3CC3)cc(C(=O)NCc3ccc(N4CCc5ccccc5C4)nc3)c12. The van der Waals surface area contributed by atoms with E-state index >= 15 is 0 Å². The average molecular weight is 453 g/mol. The van der Waals surface area contributed by atoms with E-state index in [2.05, 4.69) is 51.7 Å². The van der Waals surface area contributed by atoms with Gasteiger partial charge >= 0.3 is 0 Å². The molecule has 1 saturated carbocycles. The summed E-state index contributed by atoms with van der Waals surface area (Å²) < 4.78 is 1.77. The van der Waals surface area contributed by atoms with Gasteiger partial charge in [-0.15, -0.1) is 0 Å². The fourth-order valence-electron chi connectivity index (χ4n) is 4.91. The highest BCUT2D eigenvalue weighted by molar-refractivity contribution is 6.06. The van der Waals surface area contributed by atoms with E-state index in [9.17, 15) is 4.79 Å². The van der Waals surface area contributed by atoms with Crippen molar-refractivity contribution in [3.8, 4) is 0 Å². The molecule has 34 heavy (non-hydrogen) atoms. The van der Waals surface area contributed by atoms with Gasteiger partial charge in [0.2, 0.25) is 0 Å². The summed E-state index contributed by atoms with van der Waals surface area (Å²) in [4.78, 5) is 25.0. The zero-order valence-corrected chi connectivity index (χ0v) is 19.6. The Morgan fingerprint density at radius 2 is 1.97 bits per heavy atom. The topological polar surface area (TPSA) is 75.9 Å². The quantitative estimate of drug-likeness (QED) is 0.495. The Morgan fingerprint density at radius 1 is 1.15 bits per heavy atom. The van der Waals surface area contributed by atoms with E-state index in [1.165, 1.54) is 11.1 Å². The molecule has 1 fully saturated rings. The van der Waals surface area contributed by atoms with Crippen molar-refractivity contribution in [2.45, 2.75) is 45.2 Å². The number of hydrogen-bond donors (Lipinski definition) is 1. The van der Waals surface area contributed by atoms with E-state index in [1.54, 1.807) is 4.68 Å². The number of hydrogen-bond acceptors (Lipinski definition) is 5. The second-order valence-electron chi connectivity index (χ2n) is 9.42. The van der Waals surface area contributed by atoms with E-state index < -0.39 is 0 Å². The van der Waals surface area contributed by atoms with Gasteiger partial charge in [-0.25, -0.2) is 9.97 Å². The van der Waals surface area contributed by atoms with E-state index in [1.807, 2.05) is 26.2 Å². The van der Waals surface area contributed by atoms with Crippen molar-refractivity contribution in [1.29, 1.82) is 0 Å². The number of anilines is 1. The first kappa shape index (κ1) is 20.8. The van der Waals surface area contributed by atoms with Crippen LogP contribution in [0.5, 0.6) is 0 Å². The van der Waals surface area contributed by atoms with Crippen molar-refractivity contribution in [1.82, 2.24) is 25.1 Å². The van der Waals surface area contributed by atoms with Crippen LogP contribution >= 0.6 is 0 Å². The summed E-state index contributed by atoms with van der Waals surface area (Å²) in [6.07, 6.45) is 5.17. The molecule has 1 aromatic carbocycles. The molecule has 0 spiro atoms. The summed E-state index contributed by atoms with van der Waals surface area (Å²) in [6, 6.07) is 14.7. The number of benzene rings is 1. The lowest BCUT2D eigenvalue weighted by molar-refractivity contribution is 0.0952. The molecule has 1 aliphatic heterocycles. The smallest absolute Gasteiger partial charge is 0.252 e. The Balaban J connectivity index is 1.17. The number of nitrogens with one attached hydrogen (secondary N) is 1. The van der Waals surface area contributed by atoms with Crippen LogP contribution in [0.15, 0.2) is 48.7 Å². The van der Waals surface area contributed by atoms with Crippen LogP contribution in [0.4, 0.5) is 5.82 Å². The van der Waals surface area contributed by atoms with Gasteiger partial charge in [0.15, 0.2) is 5.65 Å². The summed E-state index contributed by atoms with van der Waals surface area (Å²) in [5.41, 5.74) is 7.03. The van der Waals surface area contributed by atoms with Gasteiger partial charge in [0.25, 0.3) is 5.91 Å². The van der Waals surface area contributed by atoms with E-state index in [0.29, 0.717) is 18.0 Å². The van der Waals surface area contributed by atoms with Crippen molar-refractivity contribution in [2.24, 2.45) is 7.05 Å². The van der Waals surface area contributed by atoms with Gasteiger partial charge in [0.05, 0.1) is 16.6 Å². The molecule has 0 bridgehead atoms.